The van der Waals surface area contributed by atoms with E-state index in [9.17, 15) is 14.9 Å². The normalized spacial score (nSPS) is 15.2. The maximum atomic E-state index is 11.9. The molecule has 0 unspecified atom stereocenters. The highest BCUT2D eigenvalue weighted by molar-refractivity contribution is 6.11. The molecule has 0 aliphatic carbocycles. The zero-order valence-corrected chi connectivity index (χ0v) is 13.8. The number of carbonyl (C=O) groups excluding carboxylic acids is 1. The smallest absolute Gasteiger partial charge is 0.363 e. The van der Waals surface area contributed by atoms with Gasteiger partial charge in [0.25, 0.3) is 5.69 Å². The summed E-state index contributed by atoms with van der Waals surface area (Å²) in [5.74, 6) is 0.358. The van der Waals surface area contributed by atoms with Gasteiger partial charge in [-0.1, -0.05) is 12.1 Å². The van der Waals surface area contributed by atoms with Crippen LogP contribution in [0.5, 0.6) is 5.75 Å². The van der Waals surface area contributed by atoms with Crippen molar-refractivity contribution in [2.75, 3.05) is 7.11 Å². The van der Waals surface area contributed by atoms with Crippen LogP contribution in [0.3, 0.4) is 0 Å². The van der Waals surface area contributed by atoms with Crippen LogP contribution in [0.2, 0.25) is 0 Å². The van der Waals surface area contributed by atoms with Gasteiger partial charge in [0.05, 0.1) is 12.0 Å². The fourth-order valence-electron chi connectivity index (χ4n) is 2.23. The number of ether oxygens (including phenoxy) is 2. The Labute approximate surface area is 149 Å². The summed E-state index contributed by atoms with van der Waals surface area (Å²) < 4.78 is 10.2. The van der Waals surface area contributed by atoms with Gasteiger partial charge in [0.2, 0.25) is 5.90 Å². The van der Waals surface area contributed by atoms with Crippen molar-refractivity contribution in [2.45, 2.75) is 0 Å². The van der Waals surface area contributed by atoms with Crippen LogP contribution in [0.1, 0.15) is 11.1 Å². The summed E-state index contributed by atoms with van der Waals surface area (Å²) in [6.45, 7) is 0. The predicted octanol–water partition coefficient (Wildman–Crippen LogP) is 3.61. The topological polar surface area (TPSA) is 91.0 Å². The maximum Gasteiger partial charge on any atom is 0.363 e. The van der Waals surface area contributed by atoms with Crippen molar-refractivity contribution < 1.29 is 19.2 Å². The number of rotatable bonds is 5. The van der Waals surface area contributed by atoms with Gasteiger partial charge >= 0.3 is 5.97 Å². The first-order valence-electron chi connectivity index (χ1n) is 7.64. The Morgan fingerprint density at radius 3 is 2.31 bits per heavy atom. The lowest BCUT2D eigenvalue weighted by Gasteiger charge is -1.98. The first kappa shape index (κ1) is 17.1. The Kier molecular flexibility index (Phi) is 4.89. The van der Waals surface area contributed by atoms with Gasteiger partial charge in [0.1, 0.15) is 5.75 Å². The van der Waals surface area contributed by atoms with E-state index in [1.165, 1.54) is 18.2 Å². The SMILES string of the molecule is COc1ccc(/C=C/C2=NC(=C\c3ccc([N+](=O)[O-])cc3)/C(=O)O2)cc1. The van der Waals surface area contributed by atoms with Gasteiger partial charge in [-0.05, 0) is 47.5 Å². The van der Waals surface area contributed by atoms with Crippen LogP contribution in [-0.2, 0) is 9.53 Å². The summed E-state index contributed by atoms with van der Waals surface area (Å²) in [7, 11) is 1.59. The van der Waals surface area contributed by atoms with E-state index in [4.69, 9.17) is 9.47 Å². The average Bonchev–Trinajstić information content (AvgIpc) is 3.00. The molecule has 0 spiro atoms. The van der Waals surface area contributed by atoms with E-state index < -0.39 is 10.9 Å². The second-order valence-electron chi connectivity index (χ2n) is 5.32. The third kappa shape index (κ3) is 4.02. The molecule has 26 heavy (non-hydrogen) atoms. The quantitative estimate of drug-likeness (QED) is 0.355. The van der Waals surface area contributed by atoms with Crippen LogP contribution in [0, 0.1) is 10.1 Å². The molecule has 0 bridgehead atoms. The molecule has 0 fully saturated rings. The molecular weight excluding hydrogens is 336 g/mol. The van der Waals surface area contributed by atoms with Crippen molar-refractivity contribution in [1.29, 1.82) is 0 Å². The molecule has 0 amide bonds. The number of non-ortho nitro benzene ring substituents is 1. The van der Waals surface area contributed by atoms with Crippen molar-refractivity contribution in [2.24, 2.45) is 4.99 Å². The van der Waals surface area contributed by atoms with E-state index in [-0.39, 0.29) is 17.3 Å². The first-order chi connectivity index (χ1) is 12.5. The zero-order chi connectivity index (χ0) is 18.5. The molecule has 2 aromatic carbocycles. The number of cyclic esters (lactones) is 1. The lowest BCUT2D eigenvalue weighted by molar-refractivity contribution is -0.384. The Hall–Kier alpha value is -3.74. The minimum atomic E-state index is -0.572. The molecule has 0 saturated heterocycles. The van der Waals surface area contributed by atoms with Gasteiger partial charge in [-0.3, -0.25) is 10.1 Å². The Bertz CT molecular complexity index is 925. The number of hydrogen-bond acceptors (Lipinski definition) is 6. The molecule has 7 heteroatoms. The monoisotopic (exact) mass is 350 g/mol. The minimum absolute atomic E-state index is 0.0206. The number of hydrogen-bond donors (Lipinski definition) is 0. The minimum Gasteiger partial charge on any atom is -0.497 e. The average molecular weight is 350 g/mol. The molecule has 0 N–H and O–H groups in total. The summed E-state index contributed by atoms with van der Waals surface area (Å²) in [5, 5.41) is 10.7. The van der Waals surface area contributed by atoms with Crippen LogP contribution in [-0.4, -0.2) is 23.9 Å². The number of methoxy groups -OCH3 is 1. The highest BCUT2D eigenvalue weighted by Crippen LogP contribution is 2.19. The summed E-state index contributed by atoms with van der Waals surface area (Å²) in [6.07, 6.45) is 4.87. The molecule has 130 valence electrons. The van der Waals surface area contributed by atoms with Gasteiger partial charge in [0, 0.05) is 18.2 Å². The van der Waals surface area contributed by atoms with Crippen LogP contribution < -0.4 is 4.74 Å². The number of carbonyl (C=O) groups is 1. The standard InChI is InChI=1S/C19H14N2O5/c1-25-16-9-4-13(5-10-16)6-11-18-20-17(19(22)26-18)12-14-2-7-15(8-3-14)21(23)24/h2-12H,1H3/b11-6+,17-12-. The van der Waals surface area contributed by atoms with Crippen molar-refractivity contribution in [1.82, 2.24) is 0 Å². The molecule has 0 radical (unpaired) electrons. The van der Waals surface area contributed by atoms with E-state index in [0.717, 1.165) is 11.3 Å². The van der Waals surface area contributed by atoms with Gasteiger partial charge in [-0.2, -0.15) is 0 Å². The second-order valence-corrected chi connectivity index (χ2v) is 5.32. The Balaban J connectivity index is 1.75. The van der Waals surface area contributed by atoms with Crippen LogP contribution in [0.4, 0.5) is 5.69 Å². The van der Waals surface area contributed by atoms with Crippen LogP contribution >= 0.6 is 0 Å². The number of benzene rings is 2. The second kappa shape index (κ2) is 7.43. The van der Waals surface area contributed by atoms with Gasteiger partial charge in [0.15, 0.2) is 5.70 Å². The van der Waals surface area contributed by atoms with E-state index in [0.29, 0.717) is 5.56 Å². The molecule has 1 aliphatic rings. The van der Waals surface area contributed by atoms with E-state index in [1.54, 1.807) is 31.4 Å². The summed E-state index contributed by atoms with van der Waals surface area (Å²) in [6, 6.07) is 13.2. The number of nitrogens with zero attached hydrogens (tertiary/aromatic N) is 2. The molecular formula is C19H14N2O5. The number of nitro groups is 1. The molecule has 7 nitrogen and oxygen atoms in total. The van der Waals surface area contributed by atoms with Gasteiger partial charge in [-0.15, -0.1) is 0 Å². The maximum absolute atomic E-state index is 11.9. The molecule has 2 aromatic rings. The van der Waals surface area contributed by atoms with E-state index in [2.05, 4.69) is 4.99 Å². The van der Waals surface area contributed by atoms with Crippen LogP contribution in [0.25, 0.3) is 12.2 Å². The molecule has 1 heterocycles. The van der Waals surface area contributed by atoms with Gasteiger partial charge in [-0.25, -0.2) is 9.79 Å². The summed E-state index contributed by atoms with van der Waals surface area (Å²) in [4.78, 5) is 26.2. The highest BCUT2D eigenvalue weighted by atomic mass is 16.6. The Morgan fingerprint density at radius 1 is 1.04 bits per heavy atom. The molecule has 1 aliphatic heterocycles. The molecule has 0 saturated carbocycles. The van der Waals surface area contributed by atoms with Gasteiger partial charge < -0.3 is 9.47 Å². The Morgan fingerprint density at radius 2 is 1.69 bits per heavy atom. The van der Waals surface area contributed by atoms with E-state index in [1.807, 2.05) is 24.3 Å². The third-order valence-corrected chi connectivity index (χ3v) is 3.58. The molecule has 0 atom stereocenters. The molecule has 3 rings (SSSR count). The lowest BCUT2D eigenvalue weighted by Crippen LogP contribution is -2.01. The van der Waals surface area contributed by atoms with Crippen molar-refractivity contribution in [3.63, 3.8) is 0 Å². The van der Waals surface area contributed by atoms with E-state index >= 15 is 0 Å². The summed E-state index contributed by atoms with van der Waals surface area (Å²) in [5.41, 5.74) is 1.63. The number of aliphatic imine (C=N–C) groups is 1. The largest absolute Gasteiger partial charge is 0.497 e. The first-order valence-corrected chi connectivity index (χ1v) is 7.64. The highest BCUT2D eigenvalue weighted by Gasteiger charge is 2.21. The predicted molar refractivity (Wildman–Crippen MR) is 96.6 cm³/mol. The van der Waals surface area contributed by atoms with Crippen molar-refractivity contribution in [3.05, 3.63) is 81.5 Å². The van der Waals surface area contributed by atoms with Crippen molar-refractivity contribution >= 4 is 29.7 Å². The summed E-state index contributed by atoms with van der Waals surface area (Å²) >= 11 is 0. The fourth-order valence-corrected chi connectivity index (χ4v) is 2.23. The van der Waals surface area contributed by atoms with Crippen molar-refractivity contribution in [3.8, 4) is 5.75 Å². The lowest BCUT2D eigenvalue weighted by atomic mass is 10.2. The fraction of sp³-hybridized carbons (Fsp3) is 0.0526. The third-order valence-electron chi connectivity index (χ3n) is 3.58. The number of nitro benzene ring substituents is 1. The van der Waals surface area contributed by atoms with Crippen LogP contribution in [0.15, 0.2) is 65.3 Å². The molecule has 0 aromatic heterocycles. The number of esters is 1. The zero-order valence-electron chi connectivity index (χ0n) is 13.8.